The van der Waals surface area contributed by atoms with Gasteiger partial charge in [0.1, 0.15) is 5.75 Å². The van der Waals surface area contributed by atoms with Gasteiger partial charge in [-0.3, -0.25) is 9.52 Å². The highest BCUT2D eigenvalue weighted by atomic mass is 32.2. The zero-order chi connectivity index (χ0) is 19.7. The molecule has 0 unspecified atom stereocenters. The summed E-state index contributed by atoms with van der Waals surface area (Å²) in [6.45, 7) is 3.01. The summed E-state index contributed by atoms with van der Waals surface area (Å²) in [5.41, 5.74) is -1.32. The second-order valence-electron chi connectivity index (χ2n) is 5.94. The molecule has 0 saturated heterocycles. The van der Waals surface area contributed by atoms with Gasteiger partial charge in [0, 0.05) is 6.07 Å². The van der Waals surface area contributed by atoms with Crippen LogP contribution >= 0.6 is 0 Å². The average molecular weight is 390 g/mol. The van der Waals surface area contributed by atoms with E-state index in [4.69, 9.17) is 9.47 Å². The lowest BCUT2D eigenvalue weighted by Crippen LogP contribution is -2.55. The molecule has 8 nitrogen and oxygen atoms in total. The van der Waals surface area contributed by atoms with Gasteiger partial charge in [0.15, 0.2) is 0 Å². The smallest absolute Gasteiger partial charge is 0.360 e. The number of sulfonamides is 1. The Hall–Kier alpha value is -3.07. The van der Waals surface area contributed by atoms with E-state index in [2.05, 4.69) is 10.0 Å². The number of carbonyl (C=O) groups is 2. The number of amides is 1. The Morgan fingerprint density at radius 1 is 1.22 bits per heavy atom. The van der Waals surface area contributed by atoms with E-state index in [-0.39, 0.29) is 22.9 Å². The standard InChI is InChI=1S/C18H18N2O6S/c1-3-25-17(22)18(2)16(21)19-14-10-9-12(11-15(14)26-18)20-27(23,24)13-7-5-4-6-8-13/h4-11,20H,3H2,1-2H3,(H,19,21)/t18-/m0/s1. The predicted octanol–water partition coefficient (Wildman–Crippen LogP) is 2.14. The second kappa shape index (κ2) is 6.92. The maximum atomic E-state index is 12.4. The molecule has 2 N–H and O–H groups in total. The topological polar surface area (TPSA) is 111 Å². The fraction of sp³-hybridized carbons (Fsp3) is 0.222. The molecular formula is C18H18N2O6S. The maximum Gasteiger partial charge on any atom is 0.360 e. The van der Waals surface area contributed by atoms with E-state index in [0.717, 1.165) is 0 Å². The van der Waals surface area contributed by atoms with E-state index in [1.54, 1.807) is 25.1 Å². The first-order valence-electron chi connectivity index (χ1n) is 8.16. The van der Waals surface area contributed by atoms with E-state index >= 15 is 0 Å². The van der Waals surface area contributed by atoms with Crippen LogP contribution in [0.3, 0.4) is 0 Å². The van der Waals surface area contributed by atoms with Crippen LogP contribution in [-0.2, 0) is 24.3 Å². The molecule has 0 fully saturated rings. The molecule has 2 aromatic carbocycles. The molecule has 1 amide bonds. The van der Waals surface area contributed by atoms with Gasteiger partial charge >= 0.3 is 5.97 Å². The Morgan fingerprint density at radius 2 is 1.93 bits per heavy atom. The molecule has 142 valence electrons. The van der Waals surface area contributed by atoms with E-state index < -0.39 is 27.5 Å². The van der Waals surface area contributed by atoms with Crippen molar-refractivity contribution in [1.29, 1.82) is 0 Å². The minimum atomic E-state index is -3.79. The third-order valence-corrected chi connectivity index (χ3v) is 5.35. The van der Waals surface area contributed by atoms with E-state index in [0.29, 0.717) is 5.69 Å². The molecular weight excluding hydrogens is 372 g/mol. The third kappa shape index (κ3) is 3.59. The first kappa shape index (κ1) is 18.7. The SMILES string of the molecule is CCOC(=O)[C@@]1(C)Oc2cc(NS(=O)(=O)c3ccccc3)ccc2NC1=O. The lowest BCUT2D eigenvalue weighted by Gasteiger charge is -2.32. The quantitative estimate of drug-likeness (QED) is 0.598. The number of nitrogens with one attached hydrogen (secondary N) is 2. The summed E-state index contributed by atoms with van der Waals surface area (Å²) in [5, 5.41) is 2.57. The number of hydrogen-bond donors (Lipinski definition) is 2. The molecule has 0 radical (unpaired) electrons. The van der Waals surface area contributed by atoms with E-state index in [9.17, 15) is 18.0 Å². The molecule has 1 aliphatic heterocycles. The molecule has 2 aromatic rings. The Bertz CT molecular complexity index is 990. The van der Waals surface area contributed by atoms with E-state index in [1.807, 2.05) is 0 Å². The molecule has 27 heavy (non-hydrogen) atoms. The summed E-state index contributed by atoms with van der Waals surface area (Å²) in [7, 11) is -3.79. The first-order valence-corrected chi connectivity index (χ1v) is 9.64. The number of anilines is 2. The molecule has 0 saturated carbocycles. The Labute approximate surface area is 156 Å². The molecule has 3 rings (SSSR count). The zero-order valence-corrected chi connectivity index (χ0v) is 15.5. The predicted molar refractivity (Wildman–Crippen MR) is 98.0 cm³/mol. The minimum absolute atomic E-state index is 0.0921. The van der Waals surface area contributed by atoms with Crippen LogP contribution in [0.4, 0.5) is 11.4 Å². The minimum Gasteiger partial charge on any atom is -0.464 e. The van der Waals surface area contributed by atoms with Crippen molar-refractivity contribution in [3.8, 4) is 5.75 Å². The van der Waals surface area contributed by atoms with Crippen LogP contribution in [0.5, 0.6) is 5.75 Å². The number of esters is 1. The van der Waals surface area contributed by atoms with Gasteiger partial charge in [-0.2, -0.15) is 0 Å². The first-order chi connectivity index (χ1) is 12.8. The van der Waals surface area contributed by atoms with Crippen molar-refractivity contribution in [2.45, 2.75) is 24.3 Å². The lowest BCUT2D eigenvalue weighted by molar-refractivity contribution is -0.165. The number of benzene rings is 2. The largest absolute Gasteiger partial charge is 0.464 e. The summed E-state index contributed by atoms with van der Waals surface area (Å²) in [4.78, 5) is 24.5. The number of fused-ring (bicyclic) bond motifs is 1. The number of carbonyl (C=O) groups excluding carboxylic acids is 2. The van der Waals surface area contributed by atoms with Crippen LogP contribution in [0, 0.1) is 0 Å². The summed E-state index contributed by atoms with van der Waals surface area (Å²) < 4.78 is 37.8. The fourth-order valence-corrected chi connectivity index (χ4v) is 3.57. The van der Waals surface area contributed by atoms with Gasteiger partial charge in [-0.25, -0.2) is 13.2 Å². The van der Waals surface area contributed by atoms with Gasteiger partial charge in [0.2, 0.25) is 0 Å². The van der Waals surface area contributed by atoms with Crippen molar-refractivity contribution in [3.63, 3.8) is 0 Å². The van der Waals surface area contributed by atoms with Gasteiger partial charge < -0.3 is 14.8 Å². The van der Waals surface area contributed by atoms with Crippen molar-refractivity contribution in [3.05, 3.63) is 48.5 Å². The van der Waals surface area contributed by atoms with Crippen LogP contribution in [0.25, 0.3) is 0 Å². The van der Waals surface area contributed by atoms with Crippen molar-refractivity contribution < 1.29 is 27.5 Å². The van der Waals surface area contributed by atoms with Crippen LogP contribution < -0.4 is 14.8 Å². The van der Waals surface area contributed by atoms with Crippen LogP contribution in [0.2, 0.25) is 0 Å². The van der Waals surface area contributed by atoms with Crippen LogP contribution in [0.15, 0.2) is 53.4 Å². The van der Waals surface area contributed by atoms with Crippen molar-refractivity contribution in [2.75, 3.05) is 16.6 Å². The highest BCUT2D eigenvalue weighted by Crippen LogP contribution is 2.36. The van der Waals surface area contributed by atoms with Gasteiger partial charge in [-0.1, -0.05) is 18.2 Å². The highest BCUT2D eigenvalue weighted by Gasteiger charge is 2.48. The summed E-state index contributed by atoms with van der Waals surface area (Å²) in [5.74, 6) is -1.34. The summed E-state index contributed by atoms with van der Waals surface area (Å²) >= 11 is 0. The number of ether oxygens (including phenoxy) is 2. The van der Waals surface area contributed by atoms with Crippen molar-refractivity contribution in [1.82, 2.24) is 0 Å². The van der Waals surface area contributed by atoms with Gasteiger partial charge in [0.25, 0.3) is 21.5 Å². The number of hydrogen-bond acceptors (Lipinski definition) is 6. The second-order valence-corrected chi connectivity index (χ2v) is 7.62. The molecule has 0 aliphatic carbocycles. The van der Waals surface area contributed by atoms with E-state index in [1.165, 1.54) is 37.3 Å². The van der Waals surface area contributed by atoms with Gasteiger partial charge in [-0.15, -0.1) is 0 Å². The van der Waals surface area contributed by atoms with Crippen molar-refractivity contribution in [2.24, 2.45) is 0 Å². The van der Waals surface area contributed by atoms with Crippen LogP contribution in [0.1, 0.15) is 13.8 Å². The molecule has 0 bridgehead atoms. The molecule has 0 spiro atoms. The highest BCUT2D eigenvalue weighted by molar-refractivity contribution is 7.92. The lowest BCUT2D eigenvalue weighted by atomic mass is 10.0. The monoisotopic (exact) mass is 390 g/mol. The maximum absolute atomic E-state index is 12.4. The van der Waals surface area contributed by atoms with Crippen molar-refractivity contribution >= 4 is 33.3 Å². The van der Waals surface area contributed by atoms with Crippen LogP contribution in [-0.4, -0.2) is 32.5 Å². The summed E-state index contributed by atoms with van der Waals surface area (Å²) in [6.07, 6.45) is 0. The average Bonchev–Trinajstić information content (AvgIpc) is 2.63. The summed E-state index contributed by atoms with van der Waals surface area (Å²) in [6, 6.07) is 12.2. The molecule has 1 heterocycles. The molecule has 9 heteroatoms. The van der Waals surface area contributed by atoms with Gasteiger partial charge in [-0.05, 0) is 38.1 Å². The fourth-order valence-electron chi connectivity index (χ4n) is 2.50. The molecule has 0 aromatic heterocycles. The Balaban J connectivity index is 1.89. The number of rotatable bonds is 5. The van der Waals surface area contributed by atoms with Gasteiger partial charge in [0.05, 0.1) is 22.9 Å². The zero-order valence-electron chi connectivity index (χ0n) is 14.7. The molecule has 1 aliphatic rings. The third-order valence-electron chi connectivity index (χ3n) is 3.95. The Morgan fingerprint density at radius 3 is 2.59 bits per heavy atom. The normalized spacial score (nSPS) is 18.7. The molecule has 1 atom stereocenters. The Kier molecular flexibility index (Phi) is 4.79.